The Labute approximate surface area is 149 Å². The maximum Gasteiger partial charge on any atom is 0.142 e. The van der Waals surface area contributed by atoms with E-state index in [-0.39, 0.29) is 0 Å². The first kappa shape index (κ1) is 16.3. The molecule has 0 fully saturated rings. The molecule has 0 saturated carbocycles. The second-order valence-electron chi connectivity index (χ2n) is 5.25. The van der Waals surface area contributed by atoms with E-state index in [1.54, 1.807) is 7.11 Å². The van der Waals surface area contributed by atoms with Crippen LogP contribution in [-0.2, 0) is 0 Å². The van der Waals surface area contributed by atoms with Crippen LogP contribution in [0.15, 0.2) is 59.3 Å². The summed E-state index contributed by atoms with van der Waals surface area (Å²) in [7, 11) is 1.65. The minimum Gasteiger partial charge on any atom is -0.495 e. The molecule has 122 valence electrons. The molecule has 24 heavy (non-hydrogen) atoms. The van der Waals surface area contributed by atoms with Gasteiger partial charge in [0.05, 0.1) is 12.8 Å². The van der Waals surface area contributed by atoms with Crippen molar-refractivity contribution in [2.75, 3.05) is 17.7 Å². The van der Waals surface area contributed by atoms with Crippen LogP contribution < -0.4 is 15.4 Å². The normalized spacial score (nSPS) is 10.3. The highest BCUT2D eigenvalue weighted by Crippen LogP contribution is 2.28. The number of nitrogens with one attached hydrogen (secondary N) is 2. The predicted molar refractivity (Wildman–Crippen MR) is 100 cm³/mol. The molecule has 0 atom stereocenters. The van der Waals surface area contributed by atoms with E-state index >= 15 is 0 Å². The molecule has 3 rings (SSSR count). The van der Waals surface area contributed by atoms with Gasteiger partial charge in [-0.25, -0.2) is 9.97 Å². The van der Waals surface area contributed by atoms with E-state index in [0.29, 0.717) is 11.6 Å². The van der Waals surface area contributed by atoms with Crippen LogP contribution in [0, 0.1) is 6.92 Å². The minimum absolute atomic E-state index is 0.686. The molecule has 6 heteroatoms. The van der Waals surface area contributed by atoms with E-state index in [2.05, 4.69) is 36.5 Å². The molecule has 0 aliphatic rings. The molecule has 0 spiro atoms. The van der Waals surface area contributed by atoms with Gasteiger partial charge >= 0.3 is 0 Å². The van der Waals surface area contributed by atoms with Crippen molar-refractivity contribution >= 4 is 38.9 Å². The molecule has 0 bridgehead atoms. The summed E-state index contributed by atoms with van der Waals surface area (Å²) >= 11 is 3.46. The van der Waals surface area contributed by atoms with Crippen LogP contribution in [-0.4, -0.2) is 17.1 Å². The molecule has 0 amide bonds. The lowest BCUT2D eigenvalue weighted by Crippen LogP contribution is -2.00. The predicted octanol–water partition coefficient (Wildman–Crippen LogP) is 5.04. The molecule has 2 aromatic carbocycles. The number of ether oxygens (including phenoxy) is 1. The number of anilines is 4. The maximum absolute atomic E-state index is 5.38. The first-order chi connectivity index (χ1) is 11.6. The first-order valence-corrected chi connectivity index (χ1v) is 8.19. The summed E-state index contributed by atoms with van der Waals surface area (Å²) in [5.41, 5.74) is 2.95. The number of hydrogen-bond donors (Lipinski definition) is 2. The largest absolute Gasteiger partial charge is 0.495 e. The second kappa shape index (κ2) is 7.31. The molecule has 5 nitrogen and oxygen atoms in total. The Hall–Kier alpha value is -2.60. The molecular formula is C18H17BrN4O. The third-order valence-corrected chi connectivity index (χ3v) is 3.88. The topological polar surface area (TPSA) is 59.1 Å². The van der Waals surface area contributed by atoms with E-state index in [9.17, 15) is 0 Å². The fourth-order valence-corrected chi connectivity index (χ4v) is 2.66. The fourth-order valence-electron chi connectivity index (χ4n) is 2.27. The van der Waals surface area contributed by atoms with Crippen molar-refractivity contribution in [3.05, 3.63) is 64.9 Å². The molecule has 0 saturated heterocycles. The van der Waals surface area contributed by atoms with Crippen LogP contribution in [0.4, 0.5) is 23.0 Å². The third kappa shape index (κ3) is 4.02. The molecule has 2 N–H and O–H groups in total. The molecule has 3 aromatic rings. The average Bonchev–Trinajstić information content (AvgIpc) is 2.55. The van der Waals surface area contributed by atoms with E-state index in [0.717, 1.165) is 27.2 Å². The number of halogens is 1. The van der Waals surface area contributed by atoms with Crippen molar-refractivity contribution in [3.63, 3.8) is 0 Å². The highest BCUT2D eigenvalue weighted by atomic mass is 79.9. The lowest BCUT2D eigenvalue weighted by Gasteiger charge is -2.12. The Bertz CT molecular complexity index is 854. The quantitative estimate of drug-likeness (QED) is 0.644. The van der Waals surface area contributed by atoms with Crippen molar-refractivity contribution in [3.8, 4) is 5.75 Å². The third-order valence-electron chi connectivity index (χ3n) is 3.38. The van der Waals surface area contributed by atoms with Gasteiger partial charge in [0.1, 0.15) is 23.7 Å². The summed E-state index contributed by atoms with van der Waals surface area (Å²) in [5, 5.41) is 6.53. The molecule has 0 aliphatic heterocycles. The number of aromatic nitrogens is 2. The lowest BCUT2D eigenvalue weighted by molar-refractivity contribution is 0.416. The SMILES string of the molecule is COc1ccc(C)cc1Nc1cc(Nc2cccc(Br)c2)ncn1. The molecule has 1 heterocycles. The number of aryl methyl sites for hydroxylation is 1. The highest BCUT2D eigenvalue weighted by molar-refractivity contribution is 9.10. The monoisotopic (exact) mass is 384 g/mol. The number of methoxy groups -OCH3 is 1. The zero-order valence-electron chi connectivity index (χ0n) is 13.4. The molecule has 0 unspecified atom stereocenters. The van der Waals surface area contributed by atoms with Crippen LogP contribution in [0.5, 0.6) is 5.75 Å². The van der Waals surface area contributed by atoms with Gasteiger partial charge in [-0.1, -0.05) is 28.1 Å². The summed E-state index contributed by atoms with van der Waals surface area (Å²) in [6.45, 7) is 2.03. The van der Waals surface area contributed by atoms with Gasteiger partial charge in [0.2, 0.25) is 0 Å². The molecule has 1 aromatic heterocycles. The Morgan fingerprint density at radius 2 is 1.75 bits per heavy atom. The van der Waals surface area contributed by atoms with E-state index in [1.807, 2.05) is 55.5 Å². The minimum atomic E-state index is 0.686. The zero-order chi connectivity index (χ0) is 16.9. The van der Waals surface area contributed by atoms with Gasteiger partial charge in [0.25, 0.3) is 0 Å². The van der Waals surface area contributed by atoms with Crippen LogP contribution >= 0.6 is 15.9 Å². The van der Waals surface area contributed by atoms with Gasteiger partial charge in [-0.2, -0.15) is 0 Å². The van der Waals surface area contributed by atoms with Crippen molar-refractivity contribution in [1.29, 1.82) is 0 Å². The van der Waals surface area contributed by atoms with Crippen LogP contribution in [0.2, 0.25) is 0 Å². The summed E-state index contributed by atoms with van der Waals surface area (Å²) in [6.07, 6.45) is 1.52. The zero-order valence-corrected chi connectivity index (χ0v) is 15.0. The van der Waals surface area contributed by atoms with Crippen molar-refractivity contribution in [1.82, 2.24) is 9.97 Å². The van der Waals surface area contributed by atoms with E-state index in [1.165, 1.54) is 6.33 Å². The smallest absolute Gasteiger partial charge is 0.142 e. The van der Waals surface area contributed by atoms with Gasteiger partial charge in [0.15, 0.2) is 0 Å². The van der Waals surface area contributed by atoms with Crippen LogP contribution in [0.25, 0.3) is 0 Å². The Morgan fingerprint density at radius 3 is 2.50 bits per heavy atom. The molecule has 0 radical (unpaired) electrons. The highest BCUT2D eigenvalue weighted by Gasteiger charge is 2.06. The standard InChI is InChI=1S/C18H17BrN4O/c1-12-6-7-16(24-2)15(8-12)23-18-10-17(20-11-21-18)22-14-5-3-4-13(19)9-14/h3-11H,1-2H3,(H2,20,21,22,23). The van der Waals surface area contributed by atoms with E-state index in [4.69, 9.17) is 4.74 Å². The number of benzene rings is 2. The van der Waals surface area contributed by atoms with Gasteiger partial charge < -0.3 is 15.4 Å². The van der Waals surface area contributed by atoms with Crippen molar-refractivity contribution in [2.45, 2.75) is 6.92 Å². The summed E-state index contributed by atoms with van der Waals surface area (Å²) in [4.78, 5) is 8.53. The van der Waals surface area contributed by atoms with E-state index < -0.39 is 0 Å². The van der Waals surface area contributed by atoms with Gasteiger partial charge in [0, 0.05) is 16.2 Å². The van der Waals surface area contributed by atoms with Gasteiger partial charge in [-0.15, -0.1) is 0 Å². The van der Waals surface area contributed by atoms with Crippen LogP contribution in [0.1, 0.15) is 5.56 Å². The van der Waals surface area contributed by atoms with Crippen LogP contribution in [0.3, 0.4) is 0 Å². The van der Waals surface area contributed by atoms with Crippen molar-refractivity contribution in [2.24, 2.45) is 0 Å². The second-order valence-corrected chi connectivity index (χ2v) is 6.17. The molecular weight excluding hydrogens is 368 g/mol. The number of rotatable bonds is 5. The maximum atomic E-state index is 5.38. The molecule has 0 aliphatic carbocycles. The Morgan fingerprint density at radius 1 is 0.958 bits per heavy atom. The lowest BCUT2D eigenvalue weighted by atomic mass is 10.2. The van der Waals surface area contributed by atoms with Gasteiger partial charge in [-0.3, -0.25) is 0 Å². The Balaban J connectivity index is 1.82. The van der Waals surface area contributed by atoms with Gasteiger partial charge in [-0.05, 0) is 42.8 Å². The summed E-state index contributed by atoms with van der Waals surface area (Å²) in [5.74, 6) is 2.16. The average molecular weight is 385 g/mol. The number of hydrogen-bond acceptors (Lipinski definition) is 5. The Kier molecular flexibility index (Phi) is 4.96. The first-order valence-electron chi connectivity index (χ1n) is 7.40. The van der Waals surface area contributed by atoms with Crippen molar-refractivity contribution < 1.29 is 4.74 Å². The summed E-state index contributed by atoms with van der Waals surface area (Å²) in [6, 6.07) is 15.7. The number of nitrogens with zero attached hydrogens (tertiary/aromatic N) is 2. The summed E-state index contributed by atoms with van der Waals surface area (Å²) < 4.78 is 6.39. The fraction of sp³-hybridized carbons (Fsp3) is 0.111.